The summed E-state index contributed by atoms with van der Waals surface area (Å²) in [7, 11) is -3.96. The van der Waals surface area contributed by atoms with Crippen LogP contribution in [0.4, 0.5) is 9.18 Å². The first kappa shape index (κ1) is 27.4. The minimum absolute atomic E-state index is 0.0298. The van der Waals surface area contributed by atoms with E-state index >= 15 is 0 Å². The lowest BCUT2D eigenvalue weighted by molar-refractivity contribution is 0.0318. The Labute approximate surface area is 229 Å². The third kappa shape index (κ3) is 6.17. The maximum atomic E-state index is 13.9. The predicted octanol–water partition coefficient (Wildman–Crippen LogP) is 5.32. The van der Waals surface area contributed by atoms with Crippen LogP contribution in [0.15, 0.2) is 53.4 Å². The normalized spacial score (nSPS) is 25.3. The molecule has 5 rings (SSSR count). The number of carbonyl (C=O) groups is 1. The van der Waals surface area contributed by atoms with Gasteiger partial charge in [0.05, 0.1) is 17.0 Å². The van der Waals surface area contributed by atoms with Crippen molar-refractivity contribution in [1.29, 1.82) is 0 Å². The van der Waals surface area contributed by atoms with Crippen molar-refractivity contribution in [2.45, 2.75) is 62.0 Å². The van der Waals surface area contributed by atoms with E-state index in [1.165, 1.54) is 41.4 Å². The fraction of sp³-hybridized carbons (Fsp3) is 0.536. The Hall–Kier alpha value is -2.20. The predicted molar refractivity (Wildman–Crippen MR) is 144 cm³/mol. The van der Waals surface area contributed by atoms with Crippen LogP contribution in [0.1, 0.15) is 50.6 Å². The molecule has 3 fully saturated rings. The molecule has 0 radical (unpaired) electrons. The largest absolute Gasteiger partial charge is 0.448 e. The molecule has 206 valence electrons. The maximum absolute atomic E-state index is 13.9. The van der Waals surface area contributed by atoms with E-state index in [1.54, 1.807) is 29.2 Å². The topological polar surface area (TPSA) is 70.2 Å². The van der Waals surface area contributed by atoms with E-state index in [2.05, 4.69) is 4.90 Å². The van der Waals surface area contributed by atoms with Crippen molar-refractivity contribution in [3.63, 3.8) is 0 Å². The molecule has 1 saturated carbocycles. The number of benzene rings is 2. The lowest BCUT2D eigenvalue weighted by Crippen LogP contribution is -2.55. The van der Waals surface area contributed by atoms with Crippen molar-refractivity contribution in [2.24, 2.45) is 5.92 Å². The molecule has 2 aliphatic heterocycles. The van der Waals surface area contributed by atoms with Gasteiger partial charge < -0.3 is 9.64 Å². The molecule has 1 amide bonds. The molecular formula is C28H35ClFN3O4S. The van der Waals surface area contributed by atoms with Gasteiger partial charge in [0.25, 0.3) is 0 Å². The Bertz CT molecular complexity index is 1220. The van der Waals surface area contributed by atoms with Crippen molar-refractivity contribution in [1.82, 2.24) is 14.1 Å². The molecule has 38 heavy (non-hydrogen) atoms. The number of piperidine rings is 1. The molecule has 2 saturated heterocycles. The third-order valence-corrected chi connectivity index (χ3v) is 10.1. The molecule has 3 atom stereocenters. The summed E-state index contributed by atoms with van der Waals surface area (Å²) in [5, 5.41) is 0.439. The number of amides is 1. The Morgan fingerprint density at radius 2 is 1.74 bits per heavy atom. The van der Waals surface area contributed by atoms with Crippen LogP contribution in [0.5, 0.6) is 0 Å². The van der Waals surface area contributed by atoms with Gasteiger partial charge in [0.1, 0.15) is 12.4 Å². The van der Waals surface area contributed by atoms with Crippen LogP contribution in [0.25, 0.3) is 0 Å². The van der Waals surface area contributed by atoms with Gasteiger partial charge in [-0.2, -0.15) is 4.31 Å². The summed E-state index contributed by atoms with van der Waals surface area (Å²) in [5.41, 5.74) is 0.709. The van der Waals surface area contributed by atoms with Gasteiger partial charge in [-0.25, -0.2) is 17.6 Å². The molecule has 2 heterocycles. The van der Waals surface area contributed by atoms with Gasteiger partial charge in [-0.1, -0.05) is 23.7 Å². The number of rotatable bonds is 7. The third-order valence-electron chi connectivity index (χ3n) is 7.88. The molecular weight excluding hydrogens is 529 g/mol. The standard InChI is InChI=1S/C28H35ClFN3O4S/c1-20-17-31(18-21-5-6-21)15-16-32(20)28(34)37-19-25-3-2-4-27(22-7-11-24(30)12-8-22)33(25)38(35,36)26-13-9-23(29)10-14-26/h7-14,20-21,25,27H,2-6,15-19H2,1H3/t20?,25-,27+/m1/s1. The molecule has 10 heteroatoms. The summed E-state index contributed by atoms with van der Waals surface area (Å²) in [6.07, 6.45) is 4.09. The van der Waals surface area contributed by atoms with Gasteiger partial charge >= 0.3 is 6.09 Å². The van der Waals surface area contributed by atoms with E-state index in [0.29, 0.717) is 30.0 Å². The van der Waals surface area contributed by atoms with Crippen molar-refractivity contribution in [3.8, 4) is 0 Å². The number of hydrogen-bond donors (Lipinski definition) is 0. The molecule has 2 aromatic carbocycles. The molecule has 1 unspecified atom stereocenters. The van der Waals surface area contributed by atoms with E-state index in [1.807, 2.05) is 6.92 Å². The van der Waals surface area contributed by atoms with Gasteiger partial charge in [-0.05, 0) is 86.9 Å². The van der Waals surface area contributed by atoms with Crippen LogP contribution in [0, 0.1) is 11.7 Å². The Balaban J connectivity index is 1.33. The van der Waals surface area contributed by atoms with Crippen molar-refractivity contribution >= 4 is 27.7 Å². The molecule has 0 spiro atoms. The second-order valence-corrected chi connectivity index (χ2v) is 13.0. The molecule has 0 bridgehead atoms. The fourth-order valence-electron chi connectivity index (χ4n) is 5.69. The highest BCUT2D eigenvalue weighted by Crippen LogP contribution is 2.39. The summed E-state index contributed by atoms with van der Waals surface area (Å²) < 4.78 is 48.8. The highest BCUT2D eigenvalue weighted by atomic mass is 35.5. The van der Waals surface area contributed by atoms with Crippen LogP contribution >= 0.6 is 11.6 Å². The zero-order valence-electron chi connectivity index (χ0n) is 21.6. The number of sulfonamides is 1. The first-order valence-electron chi connectivity index (χ1n) is 13.4. The van der Waals surface area contributed by atoms with Gasteiger partial charge in [-0.15, -0.1) is 0 Å². The average molecular weight is 564 g/mol. The summed E-state index contributed by atoms with van der Waals surface area (Å²) in [4.78, 5) is 17.4. The Morgan fingerprint density at radius 1 is 1.03 bits per heavy atom. The lowest BCUT2D eigenvalue weighted by Gasteiger charge is -2.42. The fourth-order valence-corrected chi connectivity index (χ4v) is 7.66. The number of ether oxygens (including phenoxy) is 1. The highest BCUT2D eigenvalue weighted by Gasteiger charge is 2.42. The summed E-state index contributed by atoms with van der Waals surface area (Å²) in [5.74, 6) is 0.420. The van der Waals surface area contributed by atoms with Gasteiger partial charge in [0.2, 0.25) is 10.0 Å². The van der Waals surface area contributed by atoms with E-state index in [0.717, 1.165) is 32.0 Å². The van der Waals surface area contributed by atoms with Crippen LogP contribution in [0.2, 0.25) is 5.02 Å². The minimum atomic E-state index is -3.96. The first-order chi connectivity index (χ1) is 18.2. The van der Waals surface area contributed by atoms with E-state index in [9.17, 15) is 17.6 Å². The molecule has 0 N–H and O–H groups in total. The van der Waals surface area contributed by atoms with Crippen LogP contribution in [0.3, 0.4) is 0 Å². The summed E-state index contributed by atoms with van der Waals surface area (Å²) in [6, 6.07) is 11.0. The van der Waals surface area contributed by atoms with Crippen LogP contribution < -0.4 is 0 Å². The van der Waals surface area contributed by atoms with Crippen LogP contribution in [-0.4, -0.2) is 73.5 Å². The van der Waals surface area contributed by atoms with Crippen LogP contribution in [-0.2, 0) is 14.8 Å². The summed E-state index contributed by atoms with van der Waals surface area (Å²) >= 11 is 6.01. The number of hydrogen-bond acceptors (Lipinski definition) is 5. The zero-order valence-corrected chi connectivity index (χ0v) is 23.2. The van der Waals surface area contributed by atoms with E-state index in [4.69, 9.17) is 16.3 Å². The van der Waals surface area contributed by atoms with Crippen molar-refractivity contribution in [2.75, 3.05) is 32.8 Å². The summed E-state index contributed by atoms with van der Waals surface area (Å²) in [6.45, 7) is 5.32. The molecule has 3 aliphatic rings. The number of nitrogens with zero attached hydrogens (tertiary/aromatic N) is 3. The average Bonchev–Trinajstić information content (AvgIpc) is 3.72. The Kier molecular flexibility index (Phi) is 8.28. The monoisotopic (exact) mass is 563 g/mol. The van der Waals surface area contributed by atoms with Crippen molar-refractivity contribution < 1.29 is 22.3 Å². The zero-order chi connectivity index (χ0) is 26.9. The second kappa shape index (κ2) is 11.5. The van der Waals surface area contributed by atoms with Gasteiger partial charge in [0, 0.05) is 37.2 Å². The Morgan fingerprint density at radius 3 is 2.39 bits per heavy atom. The quantitative estimate of drug-likeness (QED) is 0.456. The molecule has 2 aromatic rings. The van der Waals surface area contributed by atoms with E-state index in [-0.39, 0.29) is 23.4 Å². The van der Waals surface area contributed by atoms with Crippen molar-refractivity contribution in [3.05, 3.63) is 64.9 Å². The maximum Gasteiger partial charge on any atom is 0.410 e. The second-order valence-electron chi connectivity index (χ2n) is 10.8. The smallest absolute Gasteiger partial charge is 0.410 e. The molecule has 7 nitrogen and oxygen atoms in total. The van der Waals surface area contributed by atoms with E-state index < -0.39 is 28.2 Å². The number of halogens is 2. The minimum Gasteiger partial charge on any atom is -0.448 e. The van der Waals surface area contributed by atoms with Gasteiger partial charge in [0.15, 0.2) is 0 Å². The highest BCUT2D eigenvalue weighted by molar-refractivity contribution is 7.89. The number of piperazine rings is 1. The SMILES string of the molecule is CC1CN(CC2CC2)CCN1C(=O)OC[C@H]1CCC[C@@H](c2ccc(F)cc2)N1S(=O)(=O)c1ccc(Cl)cc1. The number of carbonyl (C=O) groups excluding carboxylic acids is 1. The molecule has 1 aliphatic carbocycles. The lowest BCUT2D eigenvalue weighted by atomic mass is 9.93. The first-order valence-corrected chi connectivity index (χ1v) is 15.2. The van der Waals surface area contributed by atoms with Gasteiger partial charge in [-0.3, -0.25) is 4.90 Å². The molecule has 0 aromatic heterocycles.